The Labute approximate surface area is 173 Å². The van der Waals surface area contributed by atoms with Gasteiger partial charge in [-0.15, -0.1) is 0 Å². The van der Waals surface area contributed by atoms with Gasteiger partial charge in [-0.25, -0.2) is 0 Å². The summed E-state index contributed by atoms with van der Waals surface area (Å²) in [6.07, 6.45) is 3.23. The number of aldehydes is 1. The molecule has 1 aliphatic heterocycles. The molecule has 1 fully saturated rings. The third kappa shape index (κ3) is 4.43. The van der Waals surface area contributed by atoms with Crippen LogP contribution in [-0.2, 0) is 11.2 Å². The number of benzene rings is 2. The molecule has 1 heterocycles. The number of carbonyl (C=O) groups excluding carboxylic acids is 2. The fraction of sp³-hybridized carbons (Fsp3) is 0.190. The van der Waals surface area contributed by atoms with Crippen LogP contribution in [-0.4, -0.2) is 42.2 Å². The second-order valence-electron chi connectivity index (χ2n) is 6.06. The summed E-state index contributed by atoms with van der Waals surface area (Å²) in [4.78, 5) is 25.7. The molecule has 0 aliphatic carbocycles. The van der Waals surface area contributed by atoms with Crippen LogP contribution >= 0.6 is 24.0 Å². The molecule has 0 radical (unpaired) electrons. The number of rotatable bonds is 7. The lowest BCUT2D eigenvalue weighted by Crippen LogP contribution is -2.30. The molecule has 0 N–H and O–H groups in total. The summed E-state index contributed by atoms with van der Waals surface area (Å²) >= 11 is 6.68. The Balaban J connectivity index is 1.70. The second-order valence-corrected chi connectivity index (χ2v) is 7.73. The van der Waals surface area contributed by atoms with Crippen LogP contribution in [0.2, 0.25) is 0 Å². The van der Waals surface area contributed by atoms with Gasteiger partial charge in [-0.3, -0.25) is 14.5 Å². The summed E-state index contributed by atoms with van der Waals surface area (Å²) < 4.78 is 11.1. The molecule has 0 spiro atoms. The van der Waals surface area contributed by atoms with Crippen molar-refractivity contribution in [1.82, 2.24) is 4.90 Å². The molecule has 0 bridgehead atoms. The van der Waals surface area contributed by atoms with Crippen molar-refractivity contribution in [1.29, 1.82) is 0 Å². The van der Waals surface area contributed by atoms with Crippen molar-refractivity contribution >= 4 is 46.6 Å². The topological polar surface area (TPSA) is 55.8 Å². The lowest BCUT2D eigenvalue weighted by atomic mass is 10.1. The molecule has 0 atom stereocenters. The molecule has 1 aliphatic rings. The van der Waals surface area contributed by atoms with E-state index in [-0.39, 0.29) is 5.91 Å². The number of methoxy groups -OCH3 is 2. The van der Waals surface area contributed by atoms with Crippen molar-refractivity contribution in [3.63, 3.8) is 0 Å². The van der Waals surface area contributed by atoms with Crippen molar-refractivity contribution < 1.29 is 19.1 Å². The van der Waals surface area contributed by atoms with Crippen LogP contribution in [0, 0.1) is 0 Å². The number of nitrogens with zero attached hydrogens (tertiary/aromatic N) is 1. The number of ether oxygens (including phenoxy) is 2. The minimum absolute atomic E-state index is 0.102. The zero-order valence-electron chi connectivity index (χ0n) is 15.5. The van der Waals surface area contributed by atoms with E-state index in [4.69, 9.17) is 21.7 Å². The smallest absolute Gasteiger partial charge is 0.266 e. The van der Waals surface area contributed by atoms with Gasteiger partial charge in [0.2, 0.25) is 0 Å². The molecular weight excluding hydrogens is 394 g/mol. The molecule has 144 valence electrons. The van der Waals surface area contributed by atoms with Gasteiger partial charge in [0.15, 0.2) is 11.5 Å². The van der Waals surface area contributed by atoms with Gasteiger partial charge in [0, 0.05) is 12.1 Å². The van der Waals surface area contributed by atoms with Crippen LogP contribution < -0.4 is 9.47 Å². The van der Waals surface area contributed by atoms with Crippen molar-refractivity contribution in [2.24, 2.45) is 0 Å². The maximum atomic E-state index is 12.7. The molecule has 5 nitrogen and oxygen atoms in total. The lowest BCUT2D eigenvalue weighted by Gasteiger charge is -2.15. The van der Waals surface area contributed by atoms with Crippen molar-refractivity contribution in [2.45, 2.75) is 6.42 Å². The Bertz CT molecular complexity index is 938. The third-order valence-electron chi connectivity index (χ3n) is 4.32. The number of carbonyl (C=O) groups is 2. The Hall–Kier alpha value is -2.64. The summed E-state index contributed by atoms with van der Waals surface area (Å²) in [5.74, 6) is 1.22. The highest BCUT2D eigenvalue weighted by Crippen LogP contribution is 2.33. The highest BCUT2D eigenvalue weighted by atomic mass is 32.2. The van der Waals surface area contributed by atoms with Crippen molar-refractivity contribution in [3.8, 4) is 11.5 Å². The zero-order valence-corrected chi connectivity index (χ0v) is 17.1. The Morgan fingerprint density at radius 1 is 1.04 bits per heavy atom. The number of hydrogen-bond donors (Lipinski definition) is 0. The summed E-state index contributed by atoms with van der Waals surface area (Å²) in [5, 5.41) is 0. The minimum Gasteiger partial charge on any atom is -0.493 e. The van der Waals surface area contributed by atoms with Crippen LogP contribution in [0.25, 0.3) is 6.08 Å². The molecule has 0 unspecified atom stereocenters. The van der Waals surface area contributed by atoms with Crippen LogP contribution in [0.3, 0.4) is 0 Å². The van der Waals surface area contributed by atoms with Crippen LogP contribution in [0.4, 0.5) is 0 Å². The first-order valence-corrected chi connectivity index (χ1v) is 9.79. The molecule has 0 aromatic heterocycles. The van der Waals surface area contributed by atoms with Crippen LogP contribution in [0.15, 0.2) is 47.4 Å². The van der Waals surface area contributed by atoms with Crippen LogP contribution in [0.1, 0.15) is 21.5 Å². The van der Waals surface area contributed by atoms with Crippen LogP contribution in [0.5, 0.6) is 11.5 Å². The lowest BCUT2D eigenvalue weighted by molar-refractivity contribution is -0.122. The van der Waals surface area contributed by atoms with Crippen molar-refractivity contribution in [2.75, 3.05) is 20.8 Å². The van der Waals surface area contributed by atoms with Gasteiger partial charge in [-0.05, 0) is 35.8 Å². The van der Waals surface area contributed by atoms with Gasteiger partial charge in [-0.1, -0.05) is 54.3 Å². The number of amides is 1. The fourth-order valence-corrected chi connectivity index (χ4v) is 4.10. The maximum Gasteiger partial charge on any atom is 0.266 e. The standard InChI is InChI=1S/C21H19NO4S2/c1-25-17-8-7-15(11-18(17)26-2)9-10-22-20(24)19(28-21(22)27)12-14-3-5-16(13-23)6-4-14/h3-8,11-13H,9-10H2,1-2H3. The molecule has 0 saturated carbocycles. The first kappa shape index (κ1) is 20.1. The number of thiocarbonyl (C=S) groups is 1. The molecule has 1 saturated heterocycles. The van der Waals surface area contributed by atoms with E-state index in [0.29, 0.717) is 39.3 Å². The molecular formula is C21H19NO4S2. The quantitative estimate of drug-likeness (QED) is 0.389. The summed E-state index contributed by atoms with van der Waals surface area (Å²) in [7, 11) is 3.19. The van der Waals surface area contributed by atoms with E-state index >= 15 is 0 Å². The first-order valence-electron chi connectivity index (χ1n) is 8.57. The average molecular weight is 414 g/mol. The van der Waals surface area contributed by atoms with Gasteiger partial charge in [0.05, 0.1) is 19.1 Å². The van der Waals surface area contributed by atoms with E-state index in [1.807, 2.05) is 18.2 Å². The van der Waals surface area contributed by atoms with Gasteiger partial charge >= 0.3 is 0 Å². The molecule has 3 rings (SSSR count). The second kappa shape index (κ2) is 9.03. The fourth-order valence-electron chi connectivity index (χ4n) is 2.79. The Morgan fingerprint density at radius 3 is 2.36 bits per heavy atom. The third-order valence-corrected chi connectivity index (χ3v) is 5.69. The van der Waals surface area contributed by atoms with Gasteiger partial charge in [-0.2, -0.15) is 0 Å². The SMILES string of the molecule is COc1ccc(CCN2C(=O)C(=Cc3ccc(C=O)cc3)SC2=S)cc1OC. The Morgan fingerprint density at radius 2 is 1.71 bits per heavy atom. The molecule has 28 heavy (non-hydrogen) atoms. The normalized spacial score (nSPS) is 15.2. The van der Waals surface area contributed by atoms with E-state index in [9.17, 15) is 9.59 Å². The van der Waals surface area contributed by atoms with Gasteiger partial charge in [0.25, 0.3) is 5.91 Å². The number of hydrogen-bond acceptors (Lipinski definition) is 6. The van der Waals surface area contributed by atoms with Gasteiger partial charge in [0.1, 0.15) is 10.6 Å². The minimum atomic E-state index is -0.102. The van der Waals surface area contributed by atoms with E-state index in [2.05, 4.69) is 0 Å². The van der Waals surface area contributed by atoms with E-state index < -0.39 is 0 Å². The maximum absolute atomic E-state index is 12.7. The largest absolute Gasteiger partial charge is 0.493 e. The van der Waals surface area contributed by atoms with E-state index in [0.717, 1.165) is 17.4 Å². The van der Waals surface area contributed by atoms with E-state index in [1.54, 1.807) is 49.5 Å². The monoisotopic (exact) mass is 413 g/mol. The predicted molar refractivity (Wildman–Crippen MR) is 115 cm³/mol. The highest BCUT2D eigenvalue weighted by Gasteiger charge is 2.31. The first-order chi connectivity index (χ1) is 13.5. The van der Waals surface area contributed by atoms with Gasteiger partial charge < -0.3 is 9.47 Å². The molecule has 2 aromatic carbocycles. The van der Waals surface area contributed by atoms with E-state index in [1.165, 1.54) is 11.8 Å². The molecule has 1 amide bonds. The zero-order chi connectivity index (χ0) is 20.1. The summed E-state index contributed by atoms with van der Waals surface area (Å²) in [6.45, 7) is 0.488. The summed E-state index contributed by atoms with van der Waals surface area (Å²) in [6, 6.07) is 12.7. The Kier molecular flexibility index (Phi) is 6.49. The summed E-state index contributed by atoms with van der Waals surface area (Å²) in [5.41, 5.74) is 2.48. The molecule has 7 heteroatoms. The molecule has 2 aromatic rings. The number of thioether (sulfide) groups is 1. The average Bonchev–Trinajstić information content (AvgIpc) is 2.99. The predicted octanol–water partition coefficient (Wildman–Crippen LogP) is 3.96. The van der Waals surface area contributed by atoms with Crippen molar-refractivity contribution in [3.05, 3.63) is 64.1 Å². The highest BCUT2D eigenvalue weighted by molar-refractivity contribution is 8.26.